The molecule has 0 bridgehead atoms. The zero-order valence-corrected chi connectivity index (χ0v) is 9.28. The van der Waals surface area contributed by atoms with E-state index in [4.69, 9.17) is 15.2 Å². The standard InChI is InChI=1S/C12H21NO2/c13-6-2-1-3-11-4-7-15-12(9-11)5-8-14-10-12/h1,3,11H,2,4-10,13H2. The molecule has 0 aromatic rings. The highest BCUT2D eigenvalue weighted by Gasteiger charge is 2.40. The van der Waals surface area contributed by atoms with Gasteiger partial charge < -0.3 is 15.2 Å². The summed E-state index contributed by atoms with van der Waals surface area (Å²) in [5.41, 5.74) is 5.50. The van der Waals surface area contributed by atoms with E-state index < -0.39 is 0 Å². The van der Waals surface area contributed by atoms with Crippen molar-refractivity contribution in [2.75, 3.05) is 26.4 Å². The molecule has 2 aliphatic rings. The molecule has 2 aliphatic heterocycles. The van der Waals surface area contributed by atoms with Gasteiger partial charge in [0.1, 0.15) is 0 Å². The van der Waals surface area contributed by atoms with E-state index in [1.54, 1.807) is 0 Å². The van der Waals surface area contributed by atoms with Crippen LogP contribution in [0.4, 0.5) is 0 Å². The minimum Gasteiger partial charge on any atom is -0.378 e. The van der Waals surface area contributed by atoms with E-state index >= 15 is 0 Å². The lowest BCUT2D eigenvalue weighted by Crippen LogP contribution is -2.39. The van der Waals surface area contributed by atoms with E-state index in [1.807, 2.05) is 0 Å². The smallest absolute Gasteiger partial charge is 0.0942 e. The van der Waals surface area contributed by atoms with Gasteiger partial charge in [0.05, 0.1) is 12.2 Å². The van der Waals surface area contributed by atoms with Gasteiger partial charge in [-0.15, -0.1) is 0 Å². The summed E-state index contributed by atoms with van der Waals surface area (Å²) in [6.45, 7) is 3.27. The third-order valence-electron chi connectivity index (χ3n) is 3.34. The highest BCUT2D eigenvalue weighted by Crippen LogP contribution is 2.36. The summed E-state index contributed by atoms with van der Waals surface area (Å²) in [7, 11) is 0. The van der Waals surface area contributed by atoms with Gasteiger partial charge in [-0.25, -0.2) is 0 Å². The van der Waals surface area contributed by atoms with Gasteiger partial charge in [0, 0.05) is 19.6 Å². The van der Waals surface area contributed by atoms with E-state index in [2.05, 4.69) is 12.2 Å². The normalized spacial score (nSPS) is 36.7. The molecule has 86 valence electrons. The number of nitrogens with two attached hydrogens (primary N) is 1. The second-order valence-electron chi connectivity index (χ2n) is 4.59. The number of hydrogen-bond donors (Lipinski definition) is 1. The Labute approximate surface area is 91.6 Å². The van der Waals surface area contributed by atoms with E-state index in [9.17, 15) is 0 Å². The lowest BCUT2D eigenvalue weighted by molar-refractivity contribution is -0.0910. The molecule has 0 saturated carbocycles. The van der Waals surface area contributed by atoms with E-state index in [-0.39, 0.29) is 5.60 Å². The van der Waals surface area contributed by atoms with Crippen LogP contribution >= 0.6 is 0 Å². The first-order chi connectivity index (χ1) is 7.35. The number of allylic oxidation sites excluding steroid dienone is 1. The molecule has 2 saturated heterocycles. The number of rotatable bonds is 3. The molecule has 0 aromatic heterocycles. The molecule has 3 nitrogen and oxygen atoms in total. The molecule has 2 fully saturated rings. The first-order valence-electron chi connectivity index (χ1n) is 5.93. The molecule has 2 atom stereocenters. The molecule has 0 radical (unpaired) electrons. The summed E-state index contributed by atoms with van der Waals surface area (Å²) in [4.78, 5) is 0. The fraction of sp³-hybridized carbons (Fsp3) is 0.833. The molecule has 15 heavy (non-hydrogen) atoms. The first kappa shape index (κ1) is 11.1. The van der Waals surface area contributed by atoms with E-state index in [0.717, 1.165) is 52.0 Å². The maximum Gasteiger partial charge on any atom is 0.0942 e. The predicted molar refractivity (Wildman–Crippen MR) is 59.7 cm³/mol. The molecule has 0 aromatic carbocycles. The van der Waals surface area contributed by atoms with Gasteiger partial charge in [-0.2, -0.15) is 0 Å². The molecule has 1 spiro atoms. The Bertz CT molecular complexity index is 222. The summed E-state index contributed by atoms with van der Waals surface area (Å²) >= 11 is 0. The van der Waals surface area contributed by atoms with Crippen molar-refractivity contribution < 1.29 is 9.47 Å². The Kier molecular flexibility index (Phi) is 3.78. The van der Waals surface area contributed by atoms with Crippen molar-refractivity contribution in [1.82, 2.24) is 0 Å². The molecule has 2 unspecified atom stereocenters. The van der Waals surface area contributed by atoms with Crippen LogP contribution in [0.15, 0.2) is 12.2 Å². The van der Waals surface area contributed by atoms with Crippen molar-refractivity contribution in [1.29, 1.82) is 0 Å². The van der Waals surface area contributed by atoms with Crippen LogP contribution in [-0.2, 0) is 9.47 Å². The SMILES string of the molecule is NCCC=CC1CCOC2(CCOC2)C1. The first-order valence-corrected chi connectivity index (χ1v) is 5.93. The number of ether oxygens (including phenoxy) is 2. The van der Waals surface area contributed by atoms with Gasteiger partial charge in [-0.1, -0.05) is 12.2 Å². The molecule has 0 aliphatic carbocycles. The van der Waals surface area contributed by atoms with Crippen molar-refractivity contribution >= 4 is 0 Å². The fourth-order valence-corrected chi connectivity index (χ4v) is 2.48. The van der Waals surface area contributed by atoms with Crippen LogP contribution in [0.2, 0.25) is 0 Å². The molecule has 3 heteroatoms. The third kappa shape index (κ3) is 2.80. The quantitative estimate of drug-likeness (QED) is 0.719. The van der Waals surface area contributed by atoms with Crippen LogP contribution in [0.25, 0.3) is 0 Å². The Balaban J connectivity index is 1.86. The Morgan fingerprint density at radius 3 is 3.07 bits per heavy atom. The molecular formula is C12H21NO2. The predicted octanol–water partition coefficient (Wildman–Crippen LogP) is 1.48. The van der Waals surface area contributed by atoms with Crippen molar-refractivity contribution in [3.8, 4) is 0 Å². The monoisotopic (exact) mass is 211 g/mol. The van der Waals surface area contributed by atoms with Gasteiger partial charge in [0.15, 0.2) is 0 Å². The second kappa shape index (κ2) is 5.10. The van der Waals surface area contributed by atoms with Gasteiger partial charge >= 0.3 is 0 Å². The van der Waals surface area contributed by atoms with Gasteiger partial charge in [0.25, 0.3) is 0 Å². The van der Waals surface area contributed by atoms with Crippen LogP contribution in [-0.4, -0.2) is 32.0 Å². The van der Waals surface area contributed by atoms with Gasteiger partial charge in [0.2, 0.25) is 0 Å². The highest BCUT2D eigenvalue weighted by molar-refractivity contribution is 4.98. The lowest BCUT2D eigenvalue weighted by Gasteiger charge is -2.36. The topological polar surface area (TPSA) is 44.5 Å². The zero-order valence-electron chi connectivity index (χ0n) is 9.28. The minimum absolute atomic E-state index is 0.0377. The fourth-order valence-electron chi connectivity index (χ4n) is 2.48. The average molecular weight is 211 g/mol. The average Bonchev–Trinajstić information content (AvgIpc) is 2.67. The second-order valence-corrected chi connectivity index (χ2v) is 4.59. The summed E-state index contributed by atoms with van der Waals surface area (Å²) in [6.07, 6.45) is 8.83. The van der Waals surface area contributed by atoms with Crippen molar-refractivity contribution in [3.63, 3.8) is 0 Å². The third-order valence-corrected chi connectivity index (χ3v) is 3.34. The Morgan fingerprint density at radius 2 is 2.33 bits per heavy atom. The summed E-state index contributed by atoms with van der Waals surface area (Å²) < 4.78 is 11.3. The van der Waals surface area contributed by atoms with Gasteiger partial charge in [-0.3, -0.25) is 0 Å². The van der Waals surface area contributed by atoms with Crippen molar-refractivity contribution in [2.24, 2.45) is 11.7 Å². The van der Waals surface area contributed by atoms with Crippen LogP contribution in [0, 0.1) is 5.92 Å². The molecule has 0 amide bonds. The maximum atomic E-state index is 5.88. The van der Waals surface area contributed by atoms with Crippen LogP contribution < -0.4 is 5.73 Å². The largest absolute Gasteiger partial charge is 0.378 e. The van der Waals surface area contributed by atoms with Crippen LogP contribution in [0.3, 0.4) is 0 Å². The highest BCUT2D eigenvalue weighted by atomic mass is 16.6. The van der Waals surface area contributed by atoms with Crippen LogP contribution in [0.1, 0.15) is 25.7 Å². The summed E-state index contributed by atoms with van der Waals surface area (Å²) in [5, 5.41) is 0. The zero-order chi connectivity index (χ0) is 10.6. The van der Waals surface area contributed by atoms with Gasteiger partial charge in [-0.05, 0) is 31.7 Å². The van der Waals surface area contributed by atoms with E-state index in [1.165, 1.54) is 0 Å². The maximum absolute atomic E-state index is 5.88. The van der Waals surface area contributed by atoms with Crippen molar-refractivity contribution in [3.05, 3.63) is 12.2 Å². The van der Waals surface area contributed by atoms with Crippen molar-refractivity contribution in [2.45, 2.75) is 31.3 Å². The molecule has 2 N–H and O–H groups in total. The van der Waals surface area contributed by atoms with Crippen LogP contribution in [0.5, 0.6) is 0 Å². The Hall–Kier alpha value is -0.380. The molecule has 2 rings (SSSR count). The molecule has 2 heterocycles. The number of hydrogen-bond acceptors (Lipinski definition) is 3. The minimum atomic E-state index is 0.0377. The summed E-state index contributed by atoms with van der Waals surface area (Å²) in [6, 6.07) is 0. The summed E-state index contributed by atoms with van der Waals surface area (Å²) in [5.74, 6) is 0.659. The van der Waals surface area contributed by atoms with E-state index in [0.29, 0.717) is 5.92 Å². The molecular weight excluding hydrogens is 190 g/mol. The Morgan fingerprint density at radius 1 is 1.40 bits per heavy atom. The lowest BCUT2D eigenvalue weighted by atomic mass is 9.85.